The summed E-state index contributed by atoms with van der Waals surface area (Å²) in [6.07, 6.45) is -0.673. The van der Waals surface area contributed by atoms with Crippen LogP contribution in [0.1, 0.15) is 6.04 Å². The van der Waals surface area contributed by atoms with E-state index < -0.39 is 42.9 Å². The number of carbonyl (C=O) groups is 1. The van der Waals surface area contributed by atoms with E-state index in [1.807, 2.05) is 13.2 Å². The standard InChI is InChI=1S/C29H33FN6O5/c1-33-9-8-19-15-21(6-7-23(19)33)34-10-12-35(13-11-34)29(39)28-27(40-2)25(26(38)24(17-37)41-28)36-16-22(31-32-36)18-4-3-5-20(30)14-18/h3-9,14-16,24-28,37-38H,10-13,17H2,1-2H3/t24-,25+,26+,27-,28-/m1/s1. The molecule has 12 heteroatoms. The number of fused-ring (bicyclic) bond motifs is 1. The summed E-state index contributed by atoms with van der Waals surface area (Å²) in [7, 11) is 3.46. The van der Waals surface area contributed by atoms with E-state index in [1.54, 1.807) is 23.2 Å². The van der Waals surface area contributed by atoms with Gasteiger partial charge in [0, 0.05) is 68.7 Å². The van der Waals surface area contributed by atoms with Gasteiger partial charge in [-0.15, -0.1) is 5.10 Å². The molecule has 11 nitrogen and oxygen atoms in total. The second kappa shape index (κ2) is 11.2. The van der Waals surface area contributed by atoms with E-state index in [0.717, 1.165) is 16.6 Å². The van der Waals surface area contributed by atoms with Gasteiger partial charge >= 0.3 is 0 Å². The first-order valence-electron chi connectivity index (χ1n) is 13.6. The van der Waals surface area contributed by atoms with Gasteiger partial charge in [0.25, 0.3) is 5.91 Å². The molecular formula is C29H33FN6O5. The van der Waals surface area contributed by atoms with E-state index in [0.29, 0.717) is 37.4 Å². The van der Waals surface area contributed by atoms with Gasteiger partial charge in [0.15, 0.2) is 6.10 Å². The molecule has 2 aromatic heterocycles. The van der Waals surface area contributed by atoms with Gasteiger partial charge in [-0.2, -0.15) is 0 Å². The largest absolute Gasteiger partial charge is 0.394 e. The Morgan fingerprint density at radius 1 is 1.15 bits per heavy atom. The number of aromatic nitrogens is 4. The predicted octanol–water partition coefficient (Wildman–Crippen LogP) is 1.60. The van der Waals surface area contributed by atoms with Crippen LogP contribution in [-0.4, -0.2) is 105 Å². The number of amides is 1. The number of aliphatic hydroxyl groups excluding tert-OH is 2. The molecule has 2 aromatic carbocycles. The molecule has 4 aromatic rings. The van der Waals surface area contributed by atoms with Gasteiger partial charge in [0.2, 0.25) is 0 Å². The van der Waals surface area contributed by atoms with Crippen LogP contribution in [0, 0.1) is 5.82 Å². The van der Waals surface area contributed by atoms with Gasteiger partial charge in [-0.3, -0.25) is 4.79 Å². The highest BCUT2D eigenvalue weighted by Gasteiger charge is 2.50. The third-order valence-corrected chi connectivity index (χ3v) is 8.14. The lowest BCUT2D eigenvalue weighted by molar-refractivity contribution is -0.217. The molecule has 0 spiro atoms. The summed E-state index contributed by atoms with van der Waals surface area (Å²) in [6.45, 7) is 1.74. The smallest absolute Gasteiger partial charge is 0.254 e. The predicted molar refractivity (Wildman–Crippen MR) is 149 cm³/mol. The van der Waals surface area contributed by atoms with Gasteiger partial charge in [0.05, 0.1) is 12.8 Å². The number of methoxy groups -OCH3 is 1. The fourth-order valence-electron chi connectivity index (χ4n) is 5.89. The number of nitrogens with zero attached hydrogens (tertiary/aromatic N) is 6. The van der Waals surface area contributed by atoms with Crippen molar-refractivity contribution in [2.24, 2.45) is 7.05 Å². The maximum absolute atomic E-state index is 13.8. The first-order chi connectivity index (χ1) is 19.9. The normalized spacial score (nSPS) is 25.1. The van der Waals surface area contributed by atoms with Crippen LogP contribution in [0.5, 0.6) is 0 Å². The Morgan fingerprint density at radius 2 is 1.95 bits per heavy atom. The first kappa shape index (κ1) is 27.3. The topological polar surface area (TPSA) is 118 Å². The lowest BCUT2D eigenvalue weighted by Crippen LogP contribution is -2.62. The maximum atomic E-state index is 13.8. The van der Waals surface area contributed by atoms with Crippen molar-refractivity contribution in [3.8, 4) is 11.3 Å². The lowest BCUT2D eigenvalue weighted by atomic mass is 9.91. The molecule has 1 amide bonds. The minimum atomic E-state index is -1.24. The molecule has 4 heterocycles. The summed E-state index contributed by atoms with van der Waals surface area (Å²) < 4.78 is 29.0. The second-order valence-electron chi connectivity index (χ2n) is 10.5. The molecule has 6 rings (SSSR count). The van der Waals surface area contributed by atoms with Crippen LogP contribution in [0.4, 0.5) is 10.1 Å². The molecule has 0 radical (unpaired) electrons. The molecular weight excluding hydrogens is 531 g/mol. The summed E-state index contributed by atoms with van der Waals surface area (Å²) in [6, 6.07) is 13.5. The zero-order valence-corrected chi connectivity index (χ0v) is 22.9. The van der Waals surface area contributed by atoms with Crippen molar-refractivity contribution in [3.63, 3.8) is 0 Å². The van der Waals surface area contributed by atoms with Crippen molar-refractivity contribution in [3.05, 3.63) is 66.7 Å². The Labute approximate surface area is 236 Å². The number of carbonyl (C=O) groups excluding carboxylic acids is 1. The van der Waals surface area contributed by atoms with Crippen LogP contribution in [0.25, 0.3) is 22.2 Å². The fraction of sp³-hybridized carbons (Fsp3) is 0.414. The molecule has 0 bridgehead atoms. The van der Waals surface area contributed by atoms with Crippen LogP contribution in [0.3, 0.4) is 0 Å². The summed E-state index contributed by atoms with van der Waals surface area (Å²) in [5, 5.41) is 30.6. The number of rotatable bonds is 6. The molecule has 0 saturated carbocycles. The van der Waals surface area contributed by atoms with Crippen molar-refractivity contribution >= 4 is 22.5 Å². The third-order valence-electron chi connectivity index (χ3n) is 8.14. The Bertz CT molecular complexity index is 1530. The quantitative estimate of drug-likeness (QED) is 0.363. The Balaban J connectivity index is 1.20. The average molecular weight is 565 g/mol. The summed E-state index contributed by atoms with van der Waals surface area (Å²) in [5.74, 6) is -0.694. The zero-order valence-electron chi connectivity index (χ0n) is 22.9. The summed E-state index contributed by atoms with van der Waals surface area (Å²) in [4.78, 5) is 17.8. The Kier molecular flexibility index (Phi) is 7.47. The lowest BCUT2D eigenvalue weighted by Gasteiger charge is -2.45. The maximum Gasteiger partial charge on any atom is 0.254 e. The number of halogens is 1. The third kappa shape index (κ3) is 5.08. The highest BCUT2D eigenvalue weighted by atomic mass is 19.1. The summed E-state index contributed by atoms with van der Waals surface area (Å²) >= 11 is 0. The molecule has 2 N–H and O–H groups in total. The highest BCUT2D eigenvalue weighted by molar-refractivity contribution is 5.84. The second-order valence-corrected chi connectivity index (χ2v) is 10.5. The van der Waals surface area contributed by atoms with Crippen molar-refractivity contribution in [2.45, 2.75) is 30.5 Å². The highest BCUT2D eigenvalue weighted by Crippen LogP contribution is 2.34. The molecule has 41 heavy (non-hydrogen) atoms. The minimum absolute atomic E-state index is 0.282. The van der Waals surface area contributed by atoms with E-state index >= 15 is 0 Å². The average Bonchev–Trinajstić information content (AvgIpc) is 3.63. The van der Waals surface area contributed by atoms with E-state index in [1.165, 1.54) is 23.9 Å². The van der Waals surface area contributed by atoms with Gasteiger partial charge in [-0.05, 0) is 36.4 Å². The van der Waals surface area contributed by atoms with Gasteiger partial charge < -0.3 is 34.1 Å². The Morgan fingerprint density at radius 3 is 2.68 bits per heavy atom. The van der Waals surface area contributed by atoms with Crippen molar-refractivity contribution in [1.29, 1.82) is 0 Å². The molecule has 2 aliphatic heterocycles. The van der Waals surface area contributed by atoms with Gasteiger partial charge in [0.1, 0.15) is 35.9 Å². The van der Waals surface area contributed by atoms with Crippen LogP contribution in [0.2, 0.25) is 0 Å². The number of hydrogen-bond acceptors (Lipinski definition) is 8. The first-order valence-corrected chi connectivity index (χ1v) is 13.6. The summed E-state index contributed by atoms with van der Waals surface area (Å²) in [5.41, 5.74) is 3.17. The van der Waals surface area contributed by atoms with Crippen molar-refractivity contribution in [2.75, 3.05) is 44.8 Å². The van der Waals surface area contributed by atoms with Crippen LogP contribution < -0.4 is 4.90 Å². The fourth-order valence-corrected chi connectivity index (χ4v) is 5.89. The number of anilines is 1. The minimum Gasteiger partial charge on any atom is -0.394 e. The molecule has 5 atom stereocenters. The Hall–Kier alpha value is -3.84. The molecule has 216 valence electrons. The van der Waals surface area contributed by atoms with Crippen molar-refractivity contribution in [1.82, 2.24) is 24.5 Å². The SMILES string of the molecule is CO[C@@H]1[C@@H](n2cc(-c3cccc(F)c3)nn2)[C@@H](O)[C@@H](CO)O[C@H]1C(=O)N1CCN(c2ccc3c(ccn3C)c2)CC1. The van der Waals surface area contributed by atoms with E-state index in [9.17, 15) is 19.4 Å². The van der Waals surface area contributed by atoms with Gasteiger partial charge in [-0.25, -0.2) is 9.07 Å². The number of aryl methyl sites for hydroxylation is 1. The number of ether oxygens (including phenoxy) is 2. The molecule has 0 unspecified atom stereocenters. The van der Waals surface area contributed by atoms with E-state index in [4.69, 9.17) is 9.47 Å². The van der Waals surface area contributed by atoms with Gasteiger partial charge in [-0.1, -0.05) is 17.3 Å². The molecule has 2 fully saturated rings. The number of aliphatic hydroxyl groups is 2. The van der Waals surface area contributed by atoms with Crippen molar-refractivity contribution < 1.29 is 28.9 Å². The molecule has 2 saturated heterocycles. The van der Waals surface area contributed by atoms with E-state index in [2.05, 4.69) is 44.0 Å². The number of hydrogen-bond donors (Lipinski definition) is 2. The van der Waals surface area contributed by atoms with Crippen LogP contribution in [0.15, 0.2) is 60.9 Å². The van der Waals surface area contributed by atoms with E-state index in [-0.39, 0.29) is 5.91 Å². The molecule has 0 aliphatic carbocycles. The number of piperazine rings is 1. The zero-order chi connectivity index (χ0) is 28.7. The number of benzene rings is 2. The monoisotopic (exact) mass is 564 g/mol. The van der Waals surface area contributed by atoms with Crippen LogP contribution >= 0.6 is 0 Å². The molecule has 2 aliphatic rings. The van der Waals surface area contributed by atoms with Crippen LogP contribution in [-0.2, 0) is 21.3 Å².